The zero-order valence-corrected chi connectivity index (χ0v) is 10.7. The molecular weight excluding hydrogens is 264 g/mol. The number of carbonyl (C=O) groups is 1. The highest BCUT2D eigenvalue weighted by Gasteiger charge is 2.28. The molecule has 6 nitrogen and oxygen atoms in total. The minimum atomic E-state index is -3.68. The molecule has 0 aliphatic heterocycles. The molecule has 0 atom stereocenters. The second-order valence-electron chi connectivity index (χ2n) is 3.93. The summed E-state index contributed by atoms with van der Waals surface area (Å²) in [5.74, 6) is -1.13. The lowest BCUT2D eigenvalue weighted by molar-refractivity contribution is 0.0703. The van der Waals surface area contributed by atoms with Crippen LogP contribution in [0.1, 0.15) is 28.1 Å². The fourth-order valence-electron chi connectivity index (χ4n) is 1.31. The highest BCUT2D eigenvalue weighted by Crippen LogP contribution is 2.29. The zero-order valence-electron chi connectivity index (χ0n) is 9.06. The van der Waals surface area contributed by atoms with Crippen molar-refractivity contribution in [3.8, 4) is 0 Å². The first-order valence-electron chi connectivity index (χ1n) is 5.00. The Labute approximate surface area is 103 Å². The van der Waals surface area contributed by atoms with Gasteiger partial charge in [-0.2, -0.15) is 13.1 Å². The van der Waals surface area contributed by atoms with Crippen molar-refractivity contribution in [2.75, 3.05) is 4.72 Å². The van der Waals surface area contributed by atoms with E-state index in [0.29, 0.717) is 5.56 Å². The third-order valence-corrected chi connectivity index (χ3v) is 4.51. The van der Waals surface area contributed by atoms with E-state index in [2.05, 4.69) is 9.44 Å². The summed E-state index contributed by atoms with van der Waals surface area (Å²) in [5.41, 5.74) is 0.754. The highest BCUT2D eigenvalue weighted by molar-refractivity contribution is 7.90. The van der Waals surface area contributed by atoms with Gasteiger partial charge < -0.3 is 5.11 Å². The van der Waals surface area contributed by atoms with Crippen LogP contribution in [0.3, 0.4) is 0 Å². The van der Waals surface area contributed by atoms with Gasteiger partial charge in [0, 0.05) is 6.04 Å². The largest absolute Gasteiger partial charge is 0.477 e. The van der Waals surface area contributed by atoms with Crippen LogP contribution in [0.15, 0.2) is 5.38 Å². The molecule has 1 saturated carbocycles. The predicted molar refractivity (Wildman–Crippen MR) is 64.7 cm³/mol. The van der Waals surface area contributed by atoms with Crippen molar-refractivity contribution in [1.29, 1.82) is 0 Å². The average Bonchev–Trinajstić information content (AvgIpc) is 2.91. The van der Waals surface area contributed by atoms with Gasteiger partial charge in [-0.1, -0.05) is 0 Å². The Morgan fingerprint density at radius 3 is 2.71 bits per heavy atom. The summed E-state index contributed by atoms with van der Waals surface area (Å²) in [6, 6.07) is -0.0141. The molecule has 8 heteroatoms. The number of aryl methyl sites for hydroxylation is 1. The maximum Gasteiger partial charge on any atom is 0.348 e. The second kappa shape index (κ2) is 4.28. The molecule has 1 fully saturated rings. The Kier molecular flexibility index (Phi) is 3.11. The van der Waals surface area contributed by atoms with Crippen LogP contribution >= 0.6 is 11.3 Å². The summed E-state index contributed by atoms with van der Waals surface area (Å²) >= 11 is 1.01. The van der Waals surface area contributed by atoms with E-state index in [1.165, 1.54) is 0 Å². The van der Waals surface area contributed by atoms with Crippen molar-refractivity contribution in [3.63, 3.8) is 0 Å². The number of hydrogen-bond donors (Lipinski definition) is 3. The first-order valence-corrected chi connectivity index (χ1v) is 7.37. The smallest absolute Gasteiger partial charge is 0.348 e. The number of thiophene rings is 1. The summed E-state index contributed by atoms with van der Waals surface area (Å²) in [6.45, 7) is 1.66. The van der Waals surface area contributed by atoms with Gasteiger partial charge in [-0.05, 0) is 30.7 Å². The van der Waals surface area contributed by atoms with Crippen LogP contribution in [0.4, 0.5) is 5.69 Å². The fraction of sp³-hybridized carbons (Fsp3) is 0.444. The molecule has 1 aromatic heterocycles. The Morgan fingerprint density at radius 1 is 1.53 bits per heavy atom. The van der Waals surface area contributed by atoms with E-state index in [-0.39, 0.29) is 16.6 Å². The quantitative estimate of drug-likeness (QED) is 0.752. The van der Waals surface area contributed by atoms with Gasteiger partial charge in [-0.3, -0.25) is 4.72 Å². The van der Waals surface area contributed by atoms with E-state index in [0.717, 1.165) is 24.2 Å². The average molecular weight is 276 g/mol. The van der Waals surface area contributed by atoms with Crippen LogP contribution in [0.25, 0.3) is 0 Å². The molecule has 17 heavy (non-hydrogen) atoms. The summed E-state index contributed by atoms with van der Waals surface area (Å²) in [5, 5.41) is 10.5. The van der Waals surface area contributed by atoms with E-state index in [4.69, 9.17) is 5.11 Å². The number of rotatable bonds is 5. The van der Waals surface area contributed by atoms with Crippen molar-refractivity contribution < 1.29 is 18.3 Å². The zero-order chi connectivity index (χ0) is 12.6. The number of anilines is 1. The molecule has 2 rings (SSSR count). The van der Waals surface area contributed by atoms with Crippen molar-refractivity contribution in [2.45, 2.75) is 25.8 Å². The molecule has 0 spiro atoms. The molecule has 94 valence electrons. The van der Waals surface area contributed by atoms with Crippen molar-refractivity contribution in [1.82, 2.24) is 4.72 Å². The molecule has 1 heterocycles. The molecule has 1 aliphatic rings. The van der Waals surface area contributed by atoms with Crippen molar-refractivity contribution >= 4 is 33.2 Å². The Morgan fingerprint density at radius 2 is 2.18 bits per heavy atom. The fourth-order valence-corrected chi connectivity index (χ4v) is 3.49. The van der Waals surface area contributed by atoms with E-state index >= 15 is 0 Å². The van der Waals surface area contributed by atoms with Crippen molar-refractivity contribution in [3.05, 3.63) is 15.8 Å². The van der Waals surface area contributed by atoms with Gasteiger partial charge in [0.05, 0.1) is 5.69 Å². The van der Waals surface area contributed by atoms with Crippen LogP contribution in [0.2, 0.25) is 0 Å². The minimum absolute atomic E-state index is 0.00340. The molecular formula is C9H12N2O4S2. The Balaban J connectivity index is 2.22. The lowest BCUT2D eigenvalue weighted by Crippen LogP contribution is -2.32. The molecule has 0 aromatic carbocycles. The Bertz CT molecular complexity index is 545. The standard InChI is InChI=1S/C9H12N2O4S2/c1-5-4-16-8(9(12)13)7(5)11-17(14,15)10-6-2-3-6/h4,6,10-11H,2-3H2,1H3,(H,12,13). The predicted octanol–water partition coefficient (Wildman–Crippen LogP) is 1.16. The maximum absolute atomic E-state index is 11.7. The van der Waals surface area contributed by atoms with Gasteiger partial charge in [0.2, 0.25) is 0 Å². The molecule has 3 N–H and O–H groups in total. The van der Waals surface area contributed by atoms with Gasteiger partial charge in [0.25, 0.3) is 10.2 Å². The second-order valence-corrected chi connectivity index (χ2v) is 6.25. The number of hydrogen-bond acceptors (Lipinski definition) is 4. The molecule has 0 amide bonds. The number of carboxylic acids is 1. The van der Waals surface area contributed by atoms with Crippen LogP contribution in [0.5, 0.6) is 0 Å². The highest BCUT2D eigenvalue weighted by atomic mass is 32.2. The van der Waals surface area contributed by atoms with Crippen LogP contribution < -0.4 is 9.44 Å². The molecule has 0 bridgehead atoms. The summed E-state index contributed by atoms with van der Waals surface area (Å²) in [6.07, 6.45) is 1.66. The topological polar surface area (TPSA) is 95.5 Å². The minimum Gasteiger partial charge on any atom is -0.477 e. The summed E-state index contributed by atoms with van der Waals surface area (Å²) < 4.78 is 28.0. The Hall–Kier alpha value is -1.12. The van der Waals surface area contributed by atoms with Crippen LogP contribution in [0, 0.1) is 6.92 Å². The third-order valence-electron chi connectivity index (χ3n) is 2.30. The molecule has 0 saturated heterocycles. The first kappa shape index (κ1) is 12.3. The summed E-state index contributed by atoms with van der Waals surface area (Å²) in [4.78, 5) is 10.9. The van der Waals surface area contributed by atoms with E-state index < -0.39 is 16.2 Å². The van der Waals surface area contributed by atoms with Gasteiger partial charge in [0.1, 0.15) is 4.88 Å². The number of aromatic carboxylic acids is 1. The van der Waals surface area contributed by atoms with Crippen LogP contribution in [-0.2, 0) is 10.2 Å². The van der Waals surface area contributed by atoms with E-state index in [1.807, 2.05) is 0 Å². The van der Waals surface area contributed by atoms with E-state index in [9.17, 15) is 13.2 Å². The van der Waals surface area contributed by atoms with Gasteiger partial charge in [-0.15, -0.1) is 11.3 Å². The summed E-state index contributed by atoms with van der Waals surface area (Å²) in [7, 11) is -3.68. The monoisotopic (exact) mass is 276 g/mol. The first-order chi connectivity index (χ1) is 7.89. The lowest BCUT2D eigenvalue weighted by Gasteiger charge is -2.09. The van der Waals surface area contributed by atoms with E-state index in [1.54, 1.807) is 12.3 Å². The molecule has 0 radical (unpaired) electrons. The van der Waals surface area contributed by atoms with Gasteiger partial charge in [-0.25, -0.2) is 4.79 Å². The SMILES string of the molecule is Cc1csc(C(=O)O)c1NS(=O)(=O)NC1CC1. The van der Waals surface area contributed by atoms with Gasteiger partial charge >= 0.3 is 5.97 Å². The van der Waals surface area contributed by atoms with Gasteiger partial charge in [0.15, 0.2) is 0 Å². The maximum atomic E-state index is 11.7. The molecule has 1 aromatic rings. The van der Waals surface area contributed by atoms with Crippen molar-refractivity contribution in [2.24, 2.45) is 0 Å². The number of nitrogens with one attached hydrogen (secondary N) is 2. The number of carboxylic acid groups (broad SMARTS) is 1. The normalized spacial score (nSPS) is 15.8. The third kappa shape index (κ3) is 2.96. The lowest BCUT2D eigenvalue weighted by atomic mass is 10.3. The molecule has 1 aliphatic carbocycles. The van der Waals surface area contributed by atoms with Crippen LogP contribution in [-0.4, -0.2) is 25.5 Å². The molecule has 0 unspecified atom stereocenters.